The van der Waals surface area contributed by atoms with Crippen LogP contribution in [0.15, 0.2) is 78.5 Å². The predicted molar refractivity (Wildman–Crippen MR) is 191 cm³/mol. The van der Waals surface area contributed by atoms with Crippen molar-refractivity contribution in [3.8, 4) is 11.6 Å². The van der Waals surface area contributed by atoms with E-state index in [1.54, 1.807) is 41.5 Å². The van der Waals surface area contributed by atoms with Gasteiger partial charge in [0.25, 0.3) is 0 Å². The highest BCUT2D eigenvalue weighted by atomic mass is 35.5. The molecule has 5 aromatic rings. The first-order valence-corrected chi connectivity index (χ1v) is 17.6. The number of benzene rings is 2. The second-order valence-corrected chi connectivity index (χ2v) is 13.6. The molecule has 0 saturated carbocycles. The minimum absolute atomic E-state index is 0.0700. The second-order valence-electron chi connectivity index (χ2n) is 12.8. The Hall–Kier alpha value is -4.50. The van der Waals surface area contributed by atoms with Crippen LogP contribution in [0.3, 0.4) is 0 Å². The number of hydrogen-bond donors (Lipinski definition) is 0. The van der Waals surface area contributed by atoms with E-state index < -0.39 is 17.7 Å². The minimum Gasteiger partial charge on any atom is -0.475 e. The molecule has 0 radical (unpaired) electrons. The highest BCUT2D eigenvalue weighted by Gasteiger charge is 2.45. The molecule has 4 atom stereocenters. The fourth-order valence-electron chi connectivity index (χ4n) is 6.51. The summed E-state index contributed by atoms with van der Waals surface area (Å²) in [7, 11) is 0. The molecule has 16 heteroatoms. The van der Waals surface area contributed by atoms with Gasteiger partial charge >= 0.3 is 5.69 Å². The number of piperazine rings is 1. The number of nitrogens with zero attached hydrogens (tertiary/aromatic N) is 9. The number of ether oxygens (including phenoxy) is 3. The average Bonchev–Trinajstić information content (AvgIpc) is 3.88. The Morgan fingerprint density at radius 1 is 1.08 bits per heavy atom. The molecule has 51 heavy (non-hydrogen) atoms. The van der Waals surface area contributed by atoms with Crippen molar-refractivity contribution < 1.29 is 18.6 Å². The van der Waals surface area contributed by atoms with Gasteiger partial charge in [-0.1, -0.05) is 36.2 Å². The van der Waals surface area contributed by atoms with Crippen molar-refractivity contribution in [3.05, 3.63) is 106 Å². The summed E-state index contributed by atoms with van der Waals surface area (Å²) in [5.74, 6) is -1.22. The summed E-state index contributed by atoms with van der Waals surface area (Å²) in [6.45, 7) is 8.78. The molecule has 2 aliphatic heterocycles. The second kappa shape index (κ2) is 14.6. The Bertz CT molecular complexity index is 2030. The number of hydrogen-bond acceptors (Lipinski definition) is 10. The molecule has 0 aliphatic carbocycles. The van der Waals surface area contributed by atoms with E-state index in [9.17, 15) is 4.79 Å². The van der Waals surface area contributed by atoms with Crippen molar-refractivity contribution in [1.29, 1.82) is 0 Å². The number of rotatable bonds is 11. The monoisotopic (exact) mass is 737 g/mol. The molecule has 268 valence electrons. The topological polar surface area (TPSA) is 118 Å². The first-order valence-electron chi connectivity index (χ1n) is 16.8. The summed E-state index contributed by atoms with van der Waals surface area (Å²) in [5.41, 5.74) is 2.17. The maximum atomic E-state index is 15.3. The minimum atomic E-state index is -1.20. The number of anilines is 2. The molecular formula is C35H38Cl2FN9O4. The number of pyridine rings is 1. The van der Waals surface area contributed by atoms with Crippen molar-refractivity contribution in [2.45, 2.75) is 57.7 Å². The van der Waals surface area contributed by atoms with Crippen molar-refractivity contribution >= 4 is 34.6 Å². The quantitative estimate of drug-likeness (QED) is 0.172. The Kier molecular flexibility index (Phi) is 10.0. The molecule has 3 aromatic heterocycles. The Morgan fingerprint density at radius 3 is 2.63 bits per heavy atom. The smallest absolute Gasteiger partial charge is 0.350 e. The van der Waals surface area contributed by atoms with Gasteiger partial charge in [0.1, 0.15) is 44.1 Å². The fraction of sp³-hybridized carbons (Fsp3) is 0.400. The lowest BCUT2D eigenvalue weighted by atomic mass is 10.1. The third kappa shape index (κ3) is 7.18. The van der Waals surface area contributed by atoms with Crippen LogP contribution in [0.5, 0.6) is 5.88 Å². The summed E-state index contributed by atoms with van der Waals surface area (Å²) in [6.07, 6.45) is 6.54. The van der Waals surface area contributed by atoms with Gasteiger partial charge < -0.3 is 24.0 Å². The van der Waals surface area contributed by atoms with E-state index in [0.29, 0.717) is 41.1 Å². The lowest BCUT2D eigenvalue weighted by Crippen LogP contribution is -2.52. The fourth-order valence-corrected chi connectivity index (χ4v) is 7.06. The zero-order chi connectivity index (χ0) is 35.7. The zero-order valence-electron chi connectivity index (χ0n) is 28.4. The van der Waals surface area contributed by atoms with Crippen LogP contribution in [0, 0.1) is 5.82 Å². The van der Waals surface area contributed by atoms with Crippen LogP contribution < -0.4 is 20.2 Å². The third-order valence-corrected chi connectivity index (χ3v) is 9.94. The van der Waals surface area contributed by atoms with Gasteiger partial charge in [0, 0.05) is 48.0 Å². The normalized spacial score (nSPS) is 21.3. The largest absolute Gasteiger partial charge is 0.475 e. The van der Waals surface area contributed by atoms with E-state index in [-0.39, 0.29) is 43.2 Å². The molecule has 7 rings (SSSR count). The van der Waals surface area contributed by atoms with Gasteiger partial charge in [0.05, 0.1) is 35.2 Å². The van der Waals surface area contributed by atoms with Gasteiger partial charge in [-0.3, -0.25) is 0 Å². The zero-order valence-corrected chi connectivity index (χ0v) is 29.9. The van der Waals surface area contributed by atoms with Crippen LogP contribution in [0.1, 0.15) is 38.8 Å². The molecule has 13 nitrogen and oxygen atoms in total. The highest BCUT2D eigenvalue weighted by Crippen LogP contribution is 2.40. The molecular weight excluding hydrogens is 700 g/mol. The highest BCUT2D eigenvalue weighted by molar-refractivity contribution is 6.35. The molecule has 2 fully saturated rings. The molecule has 2 aliphatic rings. The van der Waals surface area contributed by atoms with Crippen LogP contribution in [0.25, 0.3) is 5.69 Å². The molecule has 0 bridgehead atoms. The lowest BCUT2D eigenvalue weighted by Gasteiger charge is -2.42. The van der Waals surface area contributed by atoms with E-state index >= 15 is 4.39 Å². The molecule has 0 amide bonds. The van der Waals surface area contributed by atoms with Crippen molar-refractivity contribution in [2.75, 3.05) is 42.6 Å². The van der Waals surface area contributed by atoms with Gasteiger partial charge in [-0.2, -0.15) is 10.2 Å². The van der Waals surface area contributed by atoms with Crippen molar-refractivity contribution in [1.82, 2.24) is 34.1 Å². The first-order chi connectivity index (χ1) is 24.6. The predicted octanol–water partition coefficient (Wildman–Crippen LogP) is 5.50. The molecule has 0 spiro atoms. The van der Waals surface area contributed by atoms with E-state index in [0.717, 1.165) is 17.8 Å². The molecule has 2 aromatic carbocycles. The van der Waals surface area contributed by atoms with E-state index in [2.05, 4.69) is 36.9 Å². The summed E-state index contributed by atoms with van der Waals surface area (Å²) in [4.78, 5) is 25.8. The van der Waals surface area contributed by atoms with E-state index in [1.165, 1.54) is 28.0 Å². The summed E-state index contributed by atoms with van der Waals surface area (Å²) < 4.78 is 38.3. The molecule has 2 saturated heterocycles. The van der Waals surface area contributed by atoms with Crippen LogP contribution >= 0.6 is 23.2 Å². The summed E-state index contributed by atoms with van der Waals surface area (Å²) in [6, 6.07) is 14.0. The van der Waals surface area contributed by atoms with Gasteiger partial charge in [0.2, 0.25) is 11.7 Å². The number of halogens is 3. The van der Waals surface area contributed by atoms with Crippen LogP contribution in [-0.4, -0.2) is 79.1 Å². The maximum absolute atomic E-state index is 15.3. The van der Waals surface area contributed by atoms with Gasteiger partial charge in [-0.25, -0.2) is 33.1 Å². The summed E-state index contributed by atoms with van der Waals surface area (Å²) in [5, 5.41) is 9.32. The maximum Gasteiger partial charge on any atom is 0.350 e. The average molecular weight is 739 g/mol. The lowest BCUT2D eigenvalue weighted by molar-refractivity contribution is -0.190. The van der Waals surface area contributed by atoms with Crippen molar-refractivity contribution in [3.63, 3.8) is 0 Å². The SMILES string of the molecule is CCC(C)n1ncn(-c2ccc(N3CCN(c4ccc(OCC5COC(Cn6cncn6)(c6ccc(Cl)cc6Cl)O5)nc4)C(C)C3)cc2F)c1=O. The molecule has 4 unspecified atom stereocenters. The van der Waals surface area contributed by atoms with Crippen LogP contribution in [0.2, 0.25) is 10.0 Å². The first kappa shape index (κ1) is 34.9. The van der Waals surface area contributed by atoms with Gasteiger partial charge in [0.15, 0.2) is 0 Å². The Morgan fingerprint density at radius 2 is 1.92 bits per heavy atom. The van der Waals surface area contributed by atoms with Gasteiger partial charge in [-0.05, 0) is 56.7 Å². The third-order valence-electron chi connectivity index (χ3n) is 9.39. The summed E-state index contributed by atoms with van der Waals surface area (Å²) >= 11 is 12.7. The van der Waals surface area contributed by atoms with Crippen LogP contribution in [-0.2, 0) is 21.8 Å². The van der Waals surface area contributed by atoms with Gasteiger partial charge in [-0.15, -0.1) is 0 Å². The van der Waals surface area contributed by atoms with E-state index in [4.69, 9.17) is 37.4 Å². The van der Waals surface area contributed by atoms with E-state index in [1.807, 2.05) is 32.0 Å². The Balaban J connectivity index is 0.958. The molecule has 0 N–H and O–H groups in total. The van der Waals surface area contributed by atoms with Crippen molar-refractivity contribution in [2.24, 2.45) is 0 Å². The number of aromatic nitrogens is 7. The molecule has 5 heterocycles. The Labute approximate surface area is 304 Å². The standard InChI is InChI=1S/C35H38Cl2FN9O4/c1-4-23(2)47-34(48)46(22-42-47)32-9-6-26(14-31(32)38)43-11-12-45(24(3)16-43)27-7-10-33(40-15-27)49-17-28-18-50-35(51-28,19-44-21-39-20-41-44)29-8-5-25(36)13-30(29)37/h5-10,13-15,20-24,28H,4,11-12,16-19H2,1-3H3. The van der Waals surface area contributed by atoms with Crippen LogP contribution in [0.4, 0.5) is 15.8 Å².